The van der Waals surface area contributed by atoms with E-state index in [0.717, 1.165) is 64.5 Å². The molecule has 1 aliphatic heterocycles. The zero-order valence-corrected chi connectivity index (χ0v) is 21.4. The van der Waals surface area contributed by atoms with Crippen molar-refractivity contribution in [1.82, 2.24) is 25.3 Å². The van der Waals surface area contributed by atoms with Crippen LogP contribution in [0.25, 0.3) is 16.6 Å². The summed E-state index contributed by atoms with van der Waals surface area (Å²) in [7, 11) is 1.65. The Morgan fingerprint density at radius 1 is 1.11 bits per heavy atom. The van der Waals surface area contributed by atoms with Crippen molar-refractivity contribution in [3.63, 3.8) is 0 Å². The molecule has 4 aromatic rings. The number of rotatable bonds is 6. The van der Waals surface area contributed by atoms with Crippen molar-refractivity contribution in [3.8, 4) is 11.4 Å². The Morgan fingerprint density at radius 3 is 2.58 bits per heavy atom. The number of nitrogens with zero attached hydrogens (tertiary/aromatic N) is 5. The van der Waals surface area contributed by atoms with Gasteiger partial charge >= 0.3 is 0 Å². The van der Waals surface area contributed by atoms with Crippen molar-refractivity contribution < 1.29 is 9.53 Å². The Balaban J connectivity index is 1.38. The maximum atomic E-state index is 13.0. The molecule has 0 spiro atoms. The lowest BCUT2D eigenvalue weighted by Gasteiger charge is -2.32. The molecule has 186 valence electrons. The molecule has 8 nitrogen and oxygen atoms in total. The number of aromatic nitrogens is 4. The van der Waals surface area contributed by atoms with Crippen LogP contribution in [0.5, 0.6) is 5.75 Å². The molecule has 1 saturated heterocycles. The molecule has 5 rings (SSSR count). The highest BCUT2D eigenvalue weighted by atomic mass is 35.5. The summed E-state index contributed by atoms with van der Waals surface area (Å²) >= 11 is 5.96. The average molecular weight is 505 g/mol. The average Bonchev–Trinajstić information content (AvgIpc) is 3.26. The van der Waals surface area contributed by atoms with Crippen LogP contribution >= 0.6 is 11.6 Å². The molecule has 36 heavy (non-hydrogen) atoms. The summed E-state index contributed by atoms with van der Waals surface area (Å²) in [4.78, 5) is 15.1. The number of halogens is 1. The fraction of sp³-hybridized carbons (Fsp3) is 0.333. The van der Waals surface area contributed by atoms with Gasteiger partial charge in [0.25, 0.3) is 0 Å². The number of anilines is 1. The minimum Gasteiger partial charge on any atom is -0.497 e. The number of benzene rings is 2. The van der Waals surface area contributed by atoms with Gasteiger partial charge in [0.2, 0.25) is 5.91 Å². The number of amides is 1. The van der Waals surface area contributed by atoms with Crippen LogP contribution in [0.4, 0.5) is 5.82 Å². The van der Waals surface area contributed by atoms with E-state index in [9.17, 15) is 4.79 Å². The Bertz CT molecular complexity index is 1380. The molecule has 1 amide bonds. The van der Waals surface area contributed by atoms with E-state index in [4.69, 9.17) is 21.4 Å². The minimum absolute atomic E-state index is 0.0471. The van der Waals surface area contributed by atoms with E-state index < -0.39 is 0 Å². The topological polar surface area (TPSA) is 85.2 Å². The highest BCUT2D eigenvalue weighted by Crippen LogP contribution is 2.32. The number of hydrogen-bond acceptors (Lipinski definition) is 6. The summed E-state index contributed by atoms with van der Waals surface area (Å²) in [6, 6.07) is 15.3. The number of carbonyl (C=O) groups excluding carboxylic acids is 1. The van der Waals surface area contributed by atoms with Gasteiger partial charge in [-0.2, -0.15) is 10.2 Å². The maximum Gasteiger partial charge on any atom is 0.225 e. The van der Waals surface area contributed by atoms with Crippen LogP contribution in [0.3, 0.4) is 0 Å². The van der Waals surface area contributed by atoms with E-state index in [0.29, 0.717) is 18.1 Å². The fourth-order valence-corrected chi connectivity index (χ4v) is 4.94. The van der Waals surface area contributed by atoms with Crippen LogP contribution in [0.1, 0.15) is 29.8 Å². The lowest BCUT2D eigenvalue weighted by molar-refractivity contribution is -0.125. The first kappa shape index (κ1) is 24.1. The van der Waals surface area contributed by atoms with Gasteiger partial charge < -0.3 is 15.0 Å². The molecule has 1 atom stereocenters. The number of hydrogen-bond donors (Lipinski definition) is 1. The van der Waals surface area contributed by atoms with Crippen LogP contribution < -0.4 is 15.0 Å². The second kappa shape index (κ2) is 10.1. The number of piperidine rings is 1. The second-order valence-electron chi connectivity index (χ2n) is 9.16. The van der Waals surface area contributed by atoms with Gasteiger partial charge in [-0.05, 0) is 68.7 Å². The molecule has 3 heterocycles. The molecule has 9 heteroatoms. The van der Waals surface area contributed by atoms with Gasteiger partial charge in [0, 0.05) is 24.7 Å². The summed E-state index contributed by atoms with van der Waals surface area (Å²) < 4.78 is 7.21. The van der Waals surface area contributed by atoms with E-state index in [1.807, 2.05) is 67.1 Å². The Kier molecular flexibility index (Phi) is 6.78. The van der Waals surface area contributed by atoms with Crippen molar-refractivity contribution in [3.05, 3.63) is 70.5 Å². The number of fused-ring (bicyclic) bond motifs is 1. The quantitative estimate of drug-likeness (QED) is 0.412. The Morgan fingerprint density at radius 2 is 1.86 bits per heavy atom. The first-order valence-electron chi connectivity index (χ1n) is 12.1. The van der Waals surface area contributed by atoms with Crippen LogP contribution in [0.2, 0.25) is 5.02 Å². The lowest BCUT2D eigenvalue weighted by Crippen LogP contribution is -2.43. The molecule has 1 aliphatic rings. The van der Waals surface area contributed by atoms with Crippen molar-refractivity contribution in [2.75, 3.05) is 25.1 Å². The van der Waals surface area contributed by atoms with Crippen LogP contribution in [-0.2, 0) is 11.3 Å². The molecule has 0 radical (unpaired) electrons. The van der Waals surface area contributed by atoms with E-state index in [-0.39, 0.29) is 11.8 Å². The van der Waals surface area contributed by atoms with Crippen molar-refractivity contribution >= 4 is 34.2 Å². The zero-order valence-electron chi connectivity index (χ0n) is 20.7. The molecular weight excluding hydrogens is 476 g/mol. The van der Waals surface area contributed by atoms with Gasteiger partial charge in [0.05, 0.1) is 35.5 Å². The molecule has 0 bridgehead atoms. The third-order valence-corrected chi connectivity index (χ3v) is 7.03. The third kappa shape index (κ3) is 4.73. The fourth-order valence-electron chi connectivity index (χ4n) is 4.82. The highest BCUT2D eigenvalue weighted by molar-refractivity contribution is 6.30. The first-order valence-corrected chi connectivity index (χ1v) is 12.5. The smallest absolute Gasteiger partial charge is 0.225 e. The normalized spacial score (nSPS) is 15.8. The zero-order chi connectivity index (χ0) is 25.2. The standard InChI is InChI=1S/C27H29ClN6O2/c1-17-24-18(2)34(22-10-12-23(36-3)13-11-22)32-25(24)26(31-30-17)33-14-4-5-20(16-33)27(35)29-15-19-6-8-21(28)9-7-19/h6-13,20H,4-5,14-16H2,1-3H3,(H,29,35). The lowest BCUT2D eigenvalue weighted by atomic mass is 9.97. The number of ether oxygens (including phenoxy) is 1. The van der Waals surface area contributed by atoms with E-state index >= 15 is 0 Å². The predicted molar refractivity (Wildman–Crippen MR) is 141 cm³/mol. The molecule has 2 aromatic heterocycles. The highest BCUT2D eigenvalue weighted by Gasteiger charge is 2.29. The van der Waals surface area contributed by atoms with Crippen molar-refractivity contribution in [2.24, 2.45) is 5.92 Å². The van der Waals surface area contributed by atoms with Crippen molar-refractivity contribution in [1.29, 1.82) is 0 Å². The number of methoxy groups -OCH3 is 1. The molecule has 1 N–H and O–H groups in total. The maximum absolute atomic E-state index is 13.0. The summed E-state index contributed by atoms with van der Waals surface area (Å²) in [5, 5.41) is 18.7. The van der Waals surface area contributed by atoms with E-state index in [2.05, 4.69) is 20.4 Å². The summed E-state index contributed by atoms with van der Waals surface area (Å²) in [5.74, 6) is 1.43. The minimum atomic E-state index is -0.131. The number of nitrogens with one attached hydrogen (secondary N) is 1. The molecular formula is C27H29ClN6O2. The third-order valence-electron chi connectivity index (χ3n) is 6.77. The SMILES string of the molecule is COc1ccc(-n2nc3c(N4CCCC(C(=O)NCc5ccc(Cl)cc5)C4)nnc(C)c3c2C)cc1. The van der Waals surface area contributed by atoms with Gasteiger partial charge in [-0.25, -0.2) is 4.68 Å². The van der Waals surface area contributed by atoms with Gasteiger partial charge in [-0.1, -0.05) is 23.7 Å². The van der Waals surface area contributed by atoms with Crippen LogP contribution in [0, 0.1) is 19.8 Å². The van der Waals surface area contributed by atoms with E-state index in [1.54, 1.807) is 7.11 Å². The van der Waals surface area contributed by atoms with Gasteiger partial charge in [-0.15, -0.1) is 5.10 Å². The van der Waals surface area contributed by atoms with Gasteiger partial charge in [0.1, 0.15) is 11.3 Å². The summed E-state index contributed by atoms with van der Waals surface area (Å²) in [6.45, 7) is 5.86. The predicted octanol–water partition coefficient (Wildman–Crippen LogP) is 4.63. The molecule has 0 aliphatic carbocycles. The summed E-state index contributed by atoms with van der Waals surface area (Å²) in [6.07, 6.45) is 1.74. The van der Waals surface area contributed by atoms with Gasteiger partial charge in [0.15, 0.2) is 5.82 Å². The molecule has 1 unspecified atom stereocenters. The molecule has 0 saturated carbocycles. The largest absolute Gasteiger partial charge is 0.497 e. The molecule has 1 fully saturated rings. The Labute approximate surface area is 215 Å². The monoisotopic (exact) mass is 504 g/mol. The van der Waals surface area contributed by atoms with E-state index in [1.165, 1.54) is 0 Å². The first-order chi connectivity index (χ1) is 17.4. The van der Waals surface area contributed by atoms with Crippen LogP contribution in [0.15, 0.2) is 48.5 Å². The van der Waals surface area contributed by atoms with Crippen LogP contribution in [-0.4, -0.2) is 46.1 Å². The second-order valence-corrected chi connectivity index (χ2v) is 9.59. The number of aryl methyl sites for hydroxylation is 2. The van der Waals surface area contributed by atoms with Crippen molar-refractivity contribution in [2.45, 2.75) is 33.2 Å². The summed E-state index contributed by atoms with van der Waals surface area (Å²) in [5.41, 5.74) is 4.59. The number of carbonyl (C=O) groups is 1. The molecule has 2 aromatic carbocycles. The van der Waals surface area contributed by atoms with Gasteiger partial charge in [-0.3, -0.25) is 4.79 Å². The Hall–Kier alpha value is -3.65.